The molecule has 0 aromatic heterocycles. The predicted molar refractivity (Wildman–Crippen MR) is 124 cm³/mol. The normalized spacial score (nSPS) is 16.6. The summed E-state index contributed by atoms with van der Waals surface area (Å²) < 4.78 is 5.39. The van der Waals surface area contributed by atoms with Crippen LogP contribution in [-0.2, 0) is 9.53 Å². The Kier molecular flexibility index (Phi) is 6.58. The molecule has 2 N–H and O–H groups in total. The van der Waals surface area contributed by atoms with Gasteiger partial charge >= 0.3 is 12.1 Å². The molecule has 2 aromatic rings. The number of carboxylic acid groups (broad SMARTS) is 1. The maximum atomic E-state index is 13.4. The molecule has 0 radical (unpaired) electrons. The first-order valence-electron chi connectivity index (χ1n) is 10.7. The molecule has 1 atom stereocenters. The number of aromatic carboxylic acids is 1. The van der Waals surface area contributed by atoms with Crippen molar-refractivity contribution in [2.24, 2.45) is 4.99 Å². The zero-order valence-corrected chi connectivity index (χ0v) is 19.5. The number of aliphatic imine (C=N–C) groups is 1. The number of ether oxygens (including phenoxy) is 1. The third-order valence-electron chi connectivity index (χ3n) is 4.92. The third-order valence-corrected chi connectivity index (χ3v) is 4.92. The van der Waals surface area contributed by atoms with Crippen LogP contribution in [0.15, 0.2) is 59.6 Å². The second-order valence-corrected chi connectivity index (χ2v) is 9.56. The van der Waals surface area contributed by atoms with Crippen molar-refractivity contribution in [3.63, 3.8) is 0 Å². The third kappa shape index (κ3) is 5.97. The number of nitrogens with one attached hydrogen (secondary N) is 1. The molecule has 0 saturated carbocycles. The molecule has 2 amide bonds. The van der Waals surface area contributed by atoms with Gasteiger partial charge in [0, 0.05) is 0 Å². The average Bonchev–Trinajstić information content (AvgIpc) is 2.69. The maximum absolute atomic E-state index is 13.4. The summed E-state index contributed by atoms with van der Waals surface area (Å²) in [5.74, 6) is -1.27. The summed E-state index contributed by atoms with van der Waals surface area (Å²) in [5, 5.41) is 12.1. The zero-order chi connectivity index (χ0) is 24.4. The summed E-state index contributed by atoms with van der Waals surface area (Å²) in [6.45, 7) is 8.84. The molecule has 33 heavy (non-hydrogen) atoms. The Balaban J connectivity index is 2.13. The topological polar surface area (TPSA) is 108 Å². The van der Waals surface area contributed by atoms with Gasteiger partial charge in [0.05, 0.1) is 23.6 Å². The van der Waals surface area contributed by atoms with E-state index in [4.69, 9.17) is 4.74 Å². The Morgan fingerprint density at radius 2 is 1.73 bits per heavy atom. The van der Waals surface area contributed by atoms with Crippen molar-refractivity contribution in [2.45, 2.75) is 58.2 Å². The number of hydrogen-bond acceptors (Lipinski definition) is 5. The van der Waals surface area contributed by atoms with Crippen LogP contribution in [0.4, 0.5) is 4.79 Å². The highest BCUT2D eigenvalue weighted by Crippen LogP contribution is 2.34. The molecule has 0 aliphatic carbocycles. The monoisotopic (exact) mass is 451 g/mol. The number of alkyl carbamates (subject to hydrolysis) is 1. The molecule has 8 nitrogen and oxygen atoms in total. The van der Waals surface area contributed by atoms with Gasteiger partial charge in [0.25, 0.3) is 0 Å². The minimum absolute atomic E-state index is 0.0556. The van der Waals surface area contributed by atoms with Crippen LogP contribution in [0.1, 0.15) is 68.6 Å². The second-order valence-electron chi connectivity index (χ2n) is 9.56. The molecule has 1 aliphatic heterocycles. The van der Waals surface area contributed by atoms with Crippen LogP contribution < -0.4 is 5.32 Å². The smallest absolute Gasteiger partial charge is 0.414 e. The number of amides is 2. The van der Waals surface area contributed by atoms with Gasteiger partial charge in [0.1, 0.15) is 5.60 Å². The Morgan fingerprint density at radius 3 is 2.33 bits per heavy atom. The highest BCUT2D eigenvalue weighted by atomic mass is 16.6. The first-order valence-corrected chi connectivity index (χ1v) is 10.7. The van der Waals surface area contributed by atoms with Gasteiger partial charge in [-0.2, -0.15) is 0 Å². The van der Waals surface area contributed by atoms with Crippen LogP contribution in [0.2, 0.25) is 0 Å². The lowest BCUT2D eigenvalue weighted by Gasteiger charge is -2.39. The highest BCUT2D eigenvalue weighted by molar-refractivity contribution is 6.05. The lowest BCUT2D eigenvalue weighted by atomic mass is 9.92. The molecule has 1 heterocycles. The highest BCUT2D eigenvalue weighted by Gasteiger charge is 2.40. The number of benzene rings is 2. The molecular weight excluding hydrogens is 422 g/mol. The first-order chi connectivity index (χ1) is 15.4. The Bertz CT molecular complexity index is 1090. The second kappa shape index (κ2) is 9.05. The standard InChI is InChI=1S/C25H29N3O5/c1-24(2,3)33-23(32)26-22-27-25(4,5)15-19(29)28(22)20(16-10-7-6-8-11-16)17-12-9-13-18(14-17)21(30)31/h6-14,20H,15H2,1-5H3,(H,30,31)(H,26,27,32)/t20-/m1/s1. The summed E-state index contributed by atoms with van der Waals surface area (Å²) in [6, 6.07) is 14.9. The van der Waals surface area contributed by atoms with Crippen molar-refractivity contribution in [1.29, 1.82) is 0 Å². The van der Waals surface area contributed by atoms with E-state index < -0.39 is 29.2 Å². The minimum Gasteiger partial charge on any atom is -0.478 e. The molecule has 0 unspecified atom stereocenters. The number of carbonyl (C=O) groups excluding carboxylic acids is 2. The lowest BCUT2D eigenvalue weighted by molar-refractivity contribution is -0.130. The van der Waals surface area contributed by atoms with E-state index in [1.165, 1.54) is 17.0 Å². The van der Waals surface area contributed by atoms with Crippen molar-refractivity contribution < 1.29 is 24.2 Å². The van der Waals surface area contributed by atoms with Crippen molar-refractivity contribution in [1.82, 2.24) is 10.2 Å². The Hall–Kier alpha value is -3.68. The van der Waals surface area contributed by atoms with E-state index in [-0.39, 0.29) is 23.9 Å². The van der Waals surface area contributed by atoms with Crippen LogP contribution in [-0.4, -0.2) is 45.1 Å². The van der Waals surface area contributed by atoms with Gasteiger partial charge < -0.3 is 9.84 Å². The molecule has 2 aromatic carbocycles. The first kappa shape index (κ1) is 24.0. The van der Waals surface area contributed by atoms with E-state index >= 15 is 0 Å². The Labute approximate surface area is 193 Å². The van der Waals surface area contributed by atoms with E-state index in [1.54, 1.807) is 32.9 Å². The van der Waals surface area contributed by atoms with Crippen molar-refractivity contribution in [3.05, 3.63) is 71.3 Å². The molecule has 3 rings (SSSR count). The lowest BCUT2D eigenvalue weighted by Crippen LogP contribution is -2.55. The summed E-state index contributed by atoms with van der Waals surface area (Å²) in [7, 11) is 0. The van der Waals surface area contributed by atoms with Gasteiger partial charge in [-0.05, 0) is 57.9 Å². The number of guanidine groups is 1. The molecule has 1 aliphatic rings. The van der Waals surface area contributed by atoms with Gasteiger partial charge in [0.15, 0.2) is 0 Å². The minimum atomic E-state index is -1.07. The summed E-state index contributed by atoms with van der Waals surface area (Å²) in [5.41, 5.74) is -0.0585. The SMILES string of the molecule is CC1(C)CC(=O)N([C@H](c2ccccc2)c2cccc(C(=O)O)c2)C(NC(=O)OC(C)(C)C)=N1. The zero-order valence-electron chi connectivity index (χ0n) is 19.5. The summed E-state index contributed by atoms with van der Waals surface area (Å²) in [6.07, 6.45) is -0.614. The van der Waals surface area contributed by atoms with Gasteiger partial charge in [-0.25, -0.2) is 14.6 Å². The van der Waals surface area contributed by atoms with Crippen molar-refractivity contribution in [3.8, 4) is 0 Å². The van der Waals surface area contributed by atoms with E-state index in [0.29, 0.717) is 5.56 Å². The van der Waals surface area contributed by atoms with Crippen molar-refractivity contribution >= 4 is 23.9 Å². The quantitative estimate of drug-likeness (QED) is 0.718. The van der Waals surface area contributed by atoms with E-state index in [1.807, 2.05) is 44.2 Å². The van der Waals surface area contributed by atoms with Crippen LogP contribution >= 0.6 is 0 Å². The maximum Gasteiger partial charge on any atom is 0.414 e. The van der Waals surface area contributed by atoms with Crippen LogP contribution in [0.5, 0.6) is 0 Å². The number of nitrogens with zero attached hydrogens (tertiary/aromatic N) is 2. The Morgan fingerprint density at radius 1 is 1.09 bits per heavy atom. The molecule has 0 fully saturated rings. The van der Waals surface area contributed by atoms with Gasteiger partial charge in [-0.1, -0.05) is 42.5 Å². The summed E-state index contributed by atoms with van der Waals surface area (Å²) >= 11 is 0. The fraction of sp³-hybridized carbons (Fsp3) is 0.360. The number of carbonyl (C=O) groups is 3. The number of carboxylic acids is 1. The number of hydrogen-bond donors (Lipinski definition) is 2. The van der Waals surface area contributed by atoms with Gasteiger partial charge in [0.2, 0.25) is 11.9 Å². The molecule has 0 bridgehead atoms. The largest absolute Gasteiger partial charge is 0.478 e. The molecular formula is C25H29N3O5. The van der Waals surface area contributed by atoms with Crippen LogP contribution in [0.25, 0.3) is 0 Å². The number of rotatable bonds is 4. The van der Waals surface area contributed by atoms with Crippen LogP contribution in [0, 0.1) is 0 Å². The molecule has 174 valence electrons. The van der Waals surface area contributed by atoms with E-state index in [9.17, 15) is 19.5 Å². The van der Waals surface area contributed by atoms with Crippen molar-refractivity contribution in [2.75, 3.05) is 0 Å². The molecule has 8 heteroatoms. The fourth-order valence-corrected chi connectivity index (χ4v) is 3.67. The molecule has 0 spiro atoms. The fourth-order valence-electron chi connectivity index (χ4n) is 3.67. The van der Waals surface area contributed by atoms with E-state index in [2.05, 4.69) is 10.3 Å². The summed E-state index contributed by atoms with van der Waals surface area (Å²) in [4.78, 5) is 43.7. The molecule has 0 saturated heterocycles. The van der Waals surface area contributed by atoms with Gasteiger partial charge in [-0.3, -0.25) is 15.0 Å². The average molecular weight is 452 g/mol. The van der Waals surface area contributed by atoms with Crippen LogP contribution in [0.3, 0.4) is 0 Å². The van der Waals surface area contributed by atoms with E-state index in [0.717, 1.165) is 5.56 Å². The van der Waals surface area contributed by atoms with Gasteiger partial charge in [-0.15, -0.1) is 0 Å². The predicted octanol–water partition coefficient (Wildman–Crippen LogP) is 4.37.